The molecule has 1 saturated carbocycles. The number of fused-ring (bicyclic) bond motifs is 1. The van der Waals surface area contributed by atoms with Gasteiger partial charge in [0.15, 0.2) is 0 Å². The van der Waals surface area contributed by atoms with Crippen molar-refractivity contribution in [3.63, 3.8) is 0 Å². The van der Waals surface area contributed by atoms with E-state index in [-0.39, 0.29) is 0 Å². The van der Waals surface area contributed by atoms with E-state index in [0.717, 1.165) is 31.9 Å². The summed E-state index contributed by atoms with van der Waals surface area (Å²) in [4.78, 5) is 6.70. The molecule has 0 bridgehead atoms. The standard InChI is InChI=1S/C19H26N4O2/c1-22-11-16(10-21-22)12-23-7-8-25-19-17(4-5-18(19)23)14-24-13-15-3-2-6-20-9-15/h2-3,6,9-11,17-19H,4-5,7-8,12-14H2,1H3/t17-,18+,19-/m1/s1. The van der Waals surface area contributed by atoms with Crippen LogP contribution in [0.4, 0.5) is 0 Å². The van der Waals surface area contributed by atoms with Crippen LogP contribution in [0, 0.1) is 5.92 Å². The van der Waals surface area contributed by atoms with Crippen LogP contribution in [0.5, 0.6) is 0 Å². The number of morpholine rings is 1. The second-order valence-electron chi connectivity index (χ2n) is 7.11. The van der Waals surface area contributed by atoms with E-state index in [1.165, 1.54) is 18.4 Å². The minimum atomic E-state index is 0.291. The molecule has 4 rings (SSSR count). The maximum absolute atomic E-state index is 6.14. The molecular formula is C19H26N4O2. The maximum atomic E-state index is 6.14. The third-order valence-corrected chi connectivity index (χ3v) is 5.30. The molecule has 0 unspecified atom stereocenters. The third kappa shape index (κ3) is 3.92. The topological polar surface area (TPSA) is 52.4 Å². The Bertz CT molecular complexity index is 675. The van der Waals surface area contributed by atoms with Crippen molar-refractivity contribution in [1.82, 2.24) is 19.7 Å². The van der Waals surface area contributed by atoms with Gasteiger partial charge in [-0.2, -0.15) is 5.10 Å². The van der Waals surface area contributed by atoms with Crippen molar-refractivity contribution in [3.8, 4) is 0 Å². The summed E-state index contributed by atoms with van der Waals surface area (Å²) < 4.78 is 14.0. The van der Waals surface area contributed by atoms with Crippen LogP contribution >= 0.6 is 0 Å². The van der Waals surface area contributed by atoms with Crippen LogP contribution in [0.3, 0.4) is 0 Å². The molecule has 2 fully saturated rings. The van der Waals surface area contributed by atoms with Gasteiger partial charge in [-0.15, -0.1) is 0 Å². The molecule has 1 aliphatic carbocycles. The Kier molecular flexibility index (Phi) is 5.10. The second-order valence-corrected chi connectivity index (χ2v) is 7.11. The van der Waals surface area contributed by atoms with Gasteiger partial charge in [0, 0.05) is 56.3 Å². The van der Waals surface area contributed by atoms with Crippen molar-refractivity contribution in [3.05, 3.63) is 48.0 Å². The van der Waals surface area contributed by atoms with Gasteiger partial charge in [0.2, 0.25) is 0 Å². The van der Waals surface area contributed by atoms with Crippen molar-refractivity contribution in [2.45, 2.75) is 38.1 Å². The average molecular weight is 342 g/mol. The summed E-state index contributed by atoms with van der Waals surface area (Å²) in [6.45, 7) is 4.15. The van der Waals surface area contributed by atoms with Crippen LogP contribution in [0.15, 0.2) is 36.9 Å². The number of rotatable bonds is 6. The zero-order valence-electron chi connectivity index (χ0n) is 14.8. The fourth-order valence-electron chi connectivity index (χ4n) is 4.11. The number of hydrogen-bond acceptors (Lipinski definition) is 5. The molecule has 134 valence electrons. The number of aromatic nitrogens is 3. The Morgan fingerprint density at radius 1 is 1.28 bits per heavy atom. The molecule has 2 aromatic rings. The Morgan fingerprint density at radius 3 is 3.04 bits per heavy atom. The van der Waals surface area contributed by atoms with Gasteiger partial charge in [0.05, 0.1) is 32.1 Å². The highest BCUT2D eigenvalue weighted by molar-refractivity contribution is 5.07. The molecule has 1 saturated heterocycles. The zero-order valence-corrected chi connectivity index (χ0v) is 14.8. The molecule has 3 heterocycles. The van der Waals surface area contributed by atoms with Crippen LogP contribution in [-0.2, 0) is 29.7 Å². The highest BCUT2D eigenvalue weighted by Crippen LogP contribution is 2.35. The fourth-order valence-corrected chi connectivity index (χ4v) is 4.11. The second kappa shape index (κ2) is 7.64. The lowest BCUT2D eigenvalue weighted by molar-refractivity contribution is -0.0891. The van der Waals surface area contributed by atoms with Gasteiger partial charge in [-0.3, -0.25) is 14.6 Å². The van der Waals surface area contributed by atoms with E-state index in [2.05, 4.69) is 27.2 Å². The summed E-state index contributed by atoms with van der Waals surface area (Å²) in [5.41, 5.74) is 2.40. The van der Waals surface area contributed by atoms with Gasteiger partial charge in [0.1, 0.15) is 0 Å². The van der Waals surface area contributed by atoms with Gasteiger partial charge in [-0.05, 0) is 24.5 Å². The Labute approximate surface area is 148 Å². The summed E-state index contributed by atoms with van der Waals surface area (Å²) >= 11 is 0. The first-order valence-corrected chi connectivity index (χ1v) is 9.09. The van der Waals surface area contributed by atoms with Crippen molar-refractivity contribution in [2.24, 2.45) is 13.0 Å². The molecule has 2 aromatic heterocycles. The summed E-state index contributed by atoms with van der Waals surface area (Å²) in [7, 11) is 1.97. The predicted molar refractivity (Wildman–Crippen MR) is 93.8 cm³/mol. The minimum Gasteiger partial charge on any atom is -0.376 e. The van der Waals surface area contributed by atoms with Crippen LogP contribution in [0.1, 0.15) is 24.0 Å². The van der Waals surface area contributed by atoms with E-state index in [1.807, 2.05) is 30.2 Å². The third-order valence-electron chi connectivity index (χ3n) is 5.30. The number of pyridine rings is 1. The number of hydrogen-bond donors (Lipinski definition) is 0. The minimum absolute atomic E-state index is 0.291. The first kappa shape index (κ1) is 16.7. The van der Waals surface area contributed by atoms with Crippen molar-refractivity contribution < 1.29 is 9.47 Å². The summed E-state index contributed by atoms with van der Waals surface area (Å²) in [5.74, 6) is 0.485. The maximum Gasteiger partial charge on any atom is 0.0781 e. The largest absolute Gasteiger partial charge is 0.376 e. The molecule has 0 aromatic carbocycles. The SMILES string of the molecule is Cn1cc(CN2CCO[C@@H]3[C@@H](COCc4cccnc4)CC[C@@H]32)cn1. The Hall–Kier alpha value is -1.76. The molecule has 0 amide bonds. The van der Waals surface area contributed by atoms with Crippen LogP contribution < -0.4 is 0 Å². The lowest BCUT2D eigenvalue weighted by Gasteiger charge is -2.39. The molecule has 0 spiro atoms. The van der Waals surface area contributed by atoms with E-state index < -0.39 is 0 Å². The normalized spacial score (nSPS) is 26.7. The van der Waals surface area contributed by atoms with E-state index in [4.69, 9.17) is 9.47 Å². The monoisotopic (exact) mass is 342 g/mol. The zero-order chi connectivity index (χ0) is 17.1. The van der Waals surface area contributed by atoms with E-state index in [9.17, 15) is 0 Å². The van der Waals surface area contributed by atoms with E-state index >= 15 is 0 Å². The van der Waals surface area contributed by atoms with Gasteiger partial charge in [-0.1, -0.05) is 6.07 Å². The quantitative estimate of drug-likeness (QED) is 0.804. The average Bonchev–Trinajstić information content (AvgIpc) is 3.23. The summed E-state index contributed by atoms with van der Waals surface area (Å²) in [5, 5.41) is 4.29. The van der Waals surface area contributed by atoms with Crippen molar-refractivity contribution in [2.75, 3.05) is 19.8 Å². The van der Waals surface area contributed by atoms with Crippen molar-refractivity contribution in [1.29, 1.82) is 0 Å². The Balaban J connectivity index is 1.31. The van der Waals surface area contributed by atoms with Crippen LogP contribution in [0.2, 0.25) is 0 Å². The highest BCUT2D eigenvalue weighted by atomic mass is 16.5. The first-order chi connectivity index (χ1) is 12.3. The highest BCUT2D eigenvalue weighted by Gasteiger charge is 2.42. The molecule has 6 nitrogen and oxygen atoms in total. The van der Waals surface area contributed by atoms with Gasteiger partial charge < -0.3 is 9.47 Å². The van der Waals surface area contributed by atoms with Crippen molar-refractivity contribution >= 4 is 0 Å². The number of nitrogens with zero attached hydrogens (tertiary/aromatic N) is 4. The van der Waals surface area contributed by atoms with Gasteiger partial charge >= 0.3 is 0 Å². The summed E-state index contributed by atoms with van der Waals surface area (Å²) in [6.07, 6.45) is 10.4. The van der Waals surface area contributed by atoms with Crippen LogP contribution in [-0.4, -0.2) is 51.6 Å². The van der Waals surface area contributed by atoms with Gasteiger partial charge in [0.25, 0.3) is 0 Å². The molecule has 2 aliphatic rings. The van der Waals surface area contributed by atoms with E-state index in [0.29, 0.717) is 24.7 Å². The molecule has 6 heteroatoms. The lowest BCUT2D eigenvalue weighted by Crippen LogP contribution is -2.50. The van der Waals surface area contributed by atoms with Gasteiger partial charge in [-0.25, -0.2) is 0 Å². The number of ether oxygens (including phenoxy) is 2. The van der Waals surface area contributed by atoms with Crippen LogP contribution in [0.25, 0.3) is 0 Å². The lowest BCUT2D eigenvalue weighted by atomic mass is 10.0. The molecule has 0 radical (unpaired) electrons. The first-order valence-electron chi connectivity index (χ1n) is 9.09. The predicted octanol–water partition coefficient (Wildman–Crippen LogP) is 2.01. The Morgan fingerprint density at radius 2 is 2.24 bits per heavy atom. The summed E-state index contributed by atoms with van der Waals surface area (Å²) in [6, 6.07) is 4.50. The molecule has 1 aliphatic heterocycles. The molecule has 3 atom stereocenters. The molecule has 25 heavy (non-hydrogen) atoms. The smallest absolute Gasteiger partial charge is 0.0781 e. The number of aryl methyl sites for hydroxylation is 1. The molecular weight excluding hydrogens is 316 g/mol. The van der Waals surface area contributed by atoms with E-state index in [1.54, 1.807) is 6.20 Å². The fraction of sp³-hybridized carbons (Fsp3) is 0.579. The molecule has 0 N–H and O–H groups in total.